The molecule has 0 unspecified atom stereocenters. The second-order valence-corrected chi connectivity index (χ2v) is 4.50. The van der Waals surface area contributed by atoms with E-state index in [1.807, 2.05) is 0 Å². The molecule has 3 N–H and O–H groups in total. The molecular formula is C15H14F2N2O2. The lowest BCUT2D eigenvalue weighted by atomic mass is 10.1. The number of methoxy groups -OCH3 is 1. The Bertz CT molecular complexity index is 702. The standard InChI is InChI=1S/C15H14F2N2O2/c1-8-5-10(7-11(14(8)18)15(20)21-2)19-13-4-3-9(16)6-12(13)17/h3-7,19H,18H2,1-2H3. The minimum atomic E-state index is -0.732. The maximum absolute atomic E-state index is 13.6. The van der Waals surface area contributed by atoms with Crippen LogP contribution in [0.2, 0.25) is 0 Å². The molecule has 0 amide bonds. The van der Waals surface area contributed by atoms with Gasteiger partial charge in [0, 0.05) is 17.4 Å². The third-order valence-corrected chi connectivity index (χ3v) is 3.00. The summed E-state index contributed by atoms with van der Waals surface area (Å²) in [7, 11) is 1.25. The molecule has 0 bridgehead atoms. The van der Waals surface area contributed by atoms with E-state index in [9.17, 15) is 13.6 Å². The molecule has 2 aromatic carbocycles. The Kier molecular flexibility index (Phi) is 4.07. The molecule has 0 aliphatic rings. The van der Waals surface area contributed by atoms with Crippen LogP contribution in [0, 0.1) is 18.6 Å². The fourth-order valence-corrected chi connectivity index (χ4v) is 1.90. The summed E-state index contributed by atoms with van der Waals surface area (Å²) in [4.78, 5) is 11.6. The molecule has 0 radical (unpaired) electrons. The van der Waals surface area contributed by atoms with Gasteiger partial charge in [-0.3, -0.25) is 0 Å². The molecule has 2 rings (SSSR count). The van der Waals surface area contributed by atoms with Crippen LogP contribution >= 0.6 is 0 Å². The smallest absolute Gasteiger partial charge is 0.340 e. The molecule has 0 saturated carbocycles. The van der Waals surface area contributed by atoms with Gasteiger partial charge in [0.05, 0.1) is 18.4 Å². The first kappa shape index (κ1) is 14.8. The number of aryl methyl sites for hydroxylation is 1. The Morgan fingerprint density at radius 2 is 1.95 bits per heavy atom. The van der Waals surface area contributed by atoms with E-state index in [-0.39, 0.29) is 11.3 Å². The first-order valence-electron chi connectivity index (χ1n) is 6.13. The fourth-order valence-electron chi connectivity index (χ4n) is 1.90. The number of esters is 1. The van der Waals surface area contributed by atoms with E-state index in [1.165, 1.54) is 19.2 Å². The van der Waals surface area contributed by atoms with Crippen LogP contribution in [0.25, 0.3) is 0 Å². The van der Waals surface area contributed by atoms with Crippen LogP contribution in [0.5, 0.6) is 0 Å². The average molecular weight is 292 g/mol. The van der Waals surface area contributed by atoms with Gasteiger partial charge in [0.1, 0.15) is 11.6 Å². The molecule has 21 heavy (non-hydrogen) atoms. The number of ether oxygens (including phenoxy) is 1. The zero-order chi connectivity index (χ0) is 15.6. The third-order valence-electron chi connectivity index (χ3n) is 3.00. The number of benzene rings is 2. The monoisotopic (exact) mass is 292 g/mol. The molecule has 0 aliphatic heterocycles. The highest BCUT2D eigenvalue weighted by atomic mass is 19.1. The van der Waals surface area contributed by atoms with Gasteiger partial charge >= 0.3 is 5.97 Å². The van der Waals surface area contributed by atoms with Gasteiger partial charge in [-0.15, -0.1) is 0 Å². The third kappa shape index (κ3) is 3.10. The molecule has 0 spiro atoms. The van der Waals surface area contributed by atoms with Crippen molar-refractivity contribution in [1.82, 2.24) is 0 Å². The summed E-state index contributed by atoms with van der Waals surface area (Å²) < 4.78 is 31.1. The van der Waals surface area contributed by atoms with E-state index in [1.54, 1.807) is 13.0 Å². The van der Waals surface area contributed by atoms with E-state index in [0.29, 0.717) is 16.9 Å². The molecule has 6 heteroatoms. The summed E-state index contributed by atoms with van der Waals surface area (Å²) in [6.45, 7) is 1.72. The van der Waals surface area contributed by atoms with Crippen molar-refractivity contribution in [2.24, 2.45) is 0 Å². The number of rotatable bonds is 3. The van der Waals surface area contributed by atoms with Gasteiger partial charge in [-0.1, -0.05) is 0 Å². The predicted molar refractivity (Wildman–Crippen MR) is 76.6 cm³/mol. The maximum Gasteiger partial charge on any atom is 0.340 e. The van der Waals surface area contributed by atoms with Crippen molar-refractivity contribution in [3.63, 3.8) is 0 Å². The zero-order valence-electron chi connectivity index (χ0n) is 11.5. The van der Waals surface area contributed by atoms with Gasteiger partial charge < -0.3 is 15.8 Å². The number of halogens is 2. The van der Waals surface area contributed by atoms with Gasteiger partial charge in [-0.25, -0.2) is 13.6 Å². The van der Waals surface area contributed by atoms with Crippen molar-refractivity contribution in [1.29, 1.82) is 0 Å². The lowest BCUT2D eigenvalue weighted by Crippen LogP contribution is -2.08. The molecule has 4 nitrogen and oxygen atoms in total. The summed E-state index contributed by atoms with van der Waals surface area (Å²) in [5.74, 6) is -1.98. The van der Waals surface area contributed by atoms with Crippen LogP contribution in [0.15, 0.2) is 30.3 Å². The topological polar surface area (TPSA) is 64.3 Å². The number of anilines is 3. The number of nitrogens with two attached hydrogens (primary N) is 1. The molecule has 0 saturated heterocycles. The van der Waals surface area contributed by atoms with Crippen LogP contribution in [-0.4, -0.2) is 13.1 Å². The van der Waals surface area contributed by atoms with E-state index in [0.717, 1.165) is 12.1 Å². The van der Waals surface area contributed by atoms with Crippen molar-refractivity contribution >= 4 is 23.0 Å². The first-order chi connectivity index (χ1) is 9.92. The molecule has 2 aromatic rings. The van der Waals surface area contributed by atoms with Crippen molar-refractivity contribution in [2.75, 3.05) is 18.2 Å². The van der Waals surface area contributed by atoms with Gasteiger partial charge in [0.25, 0.3) is 0 Å². The van der Waals surface area contributed by atoms with Gasteiger partial charge in [0.2, 0.25) is 0 Å². The van der Waals surface area contributed by atoms with E-state index in [4.69, 9.17) is 5.73 Å². The number of carbonyl (C=O) groups excluding carboxylic acids is 1. The highest BCUT2D eigenvalue weighted by Gasteiger charge is 2.14. The first-order valence-corrected chi connectivity index (χ1v) is 6.13. The Morgan fingerprint density at radius 3 is 2.57 bits per heavy atom. The molecule has 0 fully saturated rings. The lowest BCUT2D eigenvalue weighted by Gasteiger charge is -2.13. The second-order valence-electron chi connectivity index (χ2n) is 4.50. The van der Waals surface area contributed by atoms with E-state index in [2.05, 4.69) is 10.1 Å². The Morgan fingerprint density at radius 1 is 1.24 bits per heavy atom. The molecule has 0 heterocycles. The molecule has 0 aromatic heterocycles. The molecule has 0 aliphatic carbocycles. The Balaban J connectivity index is 2.40. The fraction of sp³-hybridized carbons (Fsp3) is 0.133. The number of nitrogen functional groups attached to an aromatic ring is 1. The van der Waals surface area contributed by atoms with Crippen molar-refractivity contribution in [3.05, 3.63) is 53.1 Å². The number of hydrogen-bond acceptors (Lipinski definition) is 4. The Labute approximate surface area is 120 Å². The number of nitrogens with one attached hydrogen (secondary N) is 1. The molecular weight excluding hydrogens is 278 g/mol. The lowest BCUT2D eigenvalue weighted by molar-refractivity contribution is 0.0602. The quantitative estimate of drug-likeness (QED) is 0.672. The maximum atomic E-state index is 13.6. The van der Waals surface area contributed by atoms with Crippen LogP contribution in [0.3, 0.4) is 0 Å². The SMILES string of the molecule is COC(=O)c1cc(Nc2ccc(F)cc2F)cc(C)c1N. The minimum Gasteiger partial charge on any atom is -0.465 e. The summed E-state index contributed by atoms with van der Waals surface area (Å²) >= 11 is 0. The minimum absolute atomic E-state index is 0.0939. The molecule has 0 atom stereocenters. The highest BCUT2D eigenvalue weighted by Crippen LogP contribution is 2.27. The summed E-state index contributed by atoms with van der Waals surface area (Å²) in [6, 6.07) is 6.29. The van der Waals surface area contributed by atoms with Gasteiger partial charge in [-0.2, -0.15) is 0 Å². The van der Waals surface area contributed by atoms with Crippen LogP contribution in [0.1, 0.15) is 15.9 Å². The second kappa shape index (κ2) is 5.78. The normalized spacial score (nSPS) is 10.3. The summed E-state index contributed by atoms with van der Waals surface area (Å²) in [6.07, 6.45) is 0. The van der Waals surface area contributed by atoms with Crippen molar-refractivity contribution in [2.45, 2.75) is 6.92 Å². The van der Waals surface area contributed by atoms with Crippen LogP contribution < -0.4 is 11.1 Å². The van der Waals surface area contributed by atoms with Gasteiger partial charge in [0.15, 0.2) is 0 Å². The highest BCUT2D eigenvalue weighted by molar-refractivity contribution is 5.97. The van der Waals surface area contributed by atoms with Crippen LogP contribution in [-0.2, 0) is 4.74 Å². The summed E-state index contributed by atoms with van der Waals surface area (Å²) in [5.41, 5.74) is 7.49. The molecule has 110 valence electrons. The summed E-state index contributed by atoms with van der Waals surface area (Å²) in [5, 5.41) is 2.78. The van der Waals surface area contributed by atoms with Crippen molar-refractivity contribution in [3.8, 4) is 0 Å². The van der Waals surface area contributed by atoms with Crippen molar-refractivity contribution < 1.29 is 18.3 Å². The van der Waals surface area contributed by atoms with Gasteiger partial charge in [-0.05, 0) is 36.8 Å². The van der Waals surface area contributed by atoms with E-state index < -0.39 is 17.6 Å². The van der Waals surface area contributed by atoms with Crippen LogP contribution in [0.4, 0.5) is 25.8 Å². The number of carbonyl (C=O) groups is 1. The largest absolute Gasteiger partial charge is 0.465 e. The number of hydrogen-bond donors (Lipinski definition) is 2. The zero-order valence-corrected chi connectivity index (χ0v) is 11.5. The van der Waals surface area contributed by atoms with E-state index >= 15 is 0 Å². The predicted octanol–water partition coefficient (Wildman–Crippen LogP) is 3.39. The Hall–Kier alpha value is -2.63. The average Bonchev–Trinajstić information content (AvgIpc) is 2.44.